The molecule has 0 aliphatic carbocycles. The fourth-order valence-corrected chi connectivity index (χ4v) is 3.02. The highest BCUT2D eigenvalue weighted by Gasteiger charge is 2.33. The Kier molecular flexibility index (Phi) is 5.38. The lowest BCUT2D eigenvalue weighted by molar-refractivity contribution is -0.384. The summed E-state index contributed by atoms with van der Waals surface area (Å²) in [4.78, 5) is 21.3. The van der Waals surface area contributed by atoms with Crippen LogP contribution >= 0.6 is 0 Å². The third-order valence-electron chi connectivity index (χ3n) is 4.25. The summed E-state index contributed by atoms with van der Waals surface area (Å²) in [6.07, 6.45) is 3.23. The zero-order valence-electron chi connectivity index (χ0n) is 12.7. The van der Waals surface area contributed by atoms with Crippen LogP contribution in [0.3, 0.4) is 0 Å². The zero-order chi connectivity index (χ0) is 16.9. The van der Waals surface area contributed by atoms with E-state index < -0.39 is 10.9 Å². The van der Waals surface area contributed by atoms with Crippen molar-refractivity contribution in [2.75, 3.05) is 18.4 Å². The molecule has 1 atom stereocenters. The molecule has 1 aromatic rings. The van der Waals surface area contributed by atoms with Gasteiger partial charge in [-0.15, -0.1) is 0 Å². The summed E-state index contributed by atoms with van der Waals surface area (Å²) < 4.78 is 0. The quantitative estimate of drug-likeness (QED) is 0.328. The summed E-state index contributed by atoms with van der Waals surface area (Å²) in [5.41, 5.74) is -0.0555. The molecule has 0 spiro atoms. The van der Waals surface area contributed by atoms with E-state index in [9.17, 15) is 20.0 Å². The van der Waals surface area contributed by atoms with Gasteiger partial charge in [0.2, 0.25) is 0 Å². The molecule has 1 heterocycles. The van der Waals surface area contributed by atoms with E-state index >= 15 is 0 Å². The van der Waals surface area contributed by atoms with Crippen molar-refractivity contribution in [1.82, 2.24) is 5.32 Å². The van der Waals surface area contributed by atoms with Gasteiger partial charge in [0.1, 0.15) is 11.4 Å². The normalized spacial score (nSPS) is 20.3. The van der Waals surface area contributed by atoms with Crippen LogP contribution in [0.25, 0.3) is 0 Å². The zero-order valence-corrected chi connectivity index (χ0v) is 12.7. The lowest BCUT2D eigenvalue weighted by Crippen LogP contribution is -2.41. The number of nitro groups is 1. The molecule has 1 unspecified atom stereocenters. The van der Waals surface area contributed by atoms with Gasteiger partial charge < -0.3 is 20.8 Å². The van der Waals surface area contributed by atoms with Gasteiger partial charge in [-0.3, -0.25) is 14.9 Å². The van der Waals surface area contributed by atoms with Gasteiger partial charge in [-0.25, -0.2) is 0 Å². The third-order valence-corrected chi connectivity index (χ3v) is 4.25. The molecule has 0 bridgehead atoms. The summed E-state index contributed by atoms with van der Waals surface area (Å²) in [6, 6.07) is 3.97. The predicted octanol–water partition coefficient (Wildman–Crippen LogP) is 2.09. The molecule has 2 rings (SSSR count). The van der Waals surface area contributed by atoms with Crippen LogP contribution in [0, 0.1) is 10.1 Å². The predicted molar refractivity (Wildman–Crippen MR) is 84.7 cm³/mol. The number of aliphatic carboxylic acids is 1. The highest BCUT2D eigenvalue weighted by molar-refractivity contribution is 5.66. The molecule has 8 nitrogen and oxygen atoms in total. The molecule has 126 valence electrons. The Morgan fingerprint density at radius 2 is 2.22 bits per heavy atom. The van der Waals surface area contributed by atoms with E-state index in [1.165, 1.54) is 12.1 Å². The van der Waals surface area contributed by atoms with Crippen molar-refractivity contribution in [3.63, 3.8) is 0 Å². The van der Waals surface area contributed by atoms with E-state index in [0.29, 0.717) is 25.1 Å². The van der Waals surface area contributed by atoms with E-state index in [4.69, 9.17) is 5.11 Å². The van der Waals surface area contributed by atoms with Crippen molar-refractivity contribution in [3.05, 3.63) is 28.3 Å². The van der Waals surface area contributed by atoms with E-state index in [-0.39, 0.29) is 23.4 Å². The average Bonchev–Trinajstić information content (AvgIpc) is 2.96. The lowest BCUT2D eigenvalue weighted by Gasteiger charge is -2.29. The molecule has 1 fully saturated rings. The SMILES string of the molecule is O=C(O)CCC1(CCNc2ccc(O)cc2[N+](=O)[O-])CCCN1. The molecule has 1 aliphatic rings. The average molecular weight is 323 g/mol. The van der Waals surface area contributed by atoms with Gasteiger partial charge in [0.25, 0.3) is 5.69 Å². The molecule has 1 aliphatic heterocycles. The van der Waals surface area contributed by atoms with Gasteiger partial charge in [0.05, 0.1) is 11.0 Å². The van der Waals surface area contributed by atoms with Crippen LogP contribution in [0.5, 0.6) is 5.75 Å². The standard InChI is InChI=1S/C15H21N3O5/c19-11-2-3-12(13(10-11)18(22)23)16-9-7-15(5-1-8-17-15)6-4-14(20)21/h2-3,10,16-17,19H,1,4-9H2,(H,20,21). The number of carbonyl (C=O) groups is 1. The van der Waals surface area contributed by atoms with Crippen molar-refractivity contribution in [3.8, 4) is 5.75 Å². The number of nitrogens with one attached hydrogen (secondary N) is 2. The third kappa shape index (κ3) is 4.56. The largest absolute Gasteiger partial charge is 0.508 e. The number of hydrogen-bond donors (Lipinski definition) is 4. The number of rotatable bonds is 8. The fourth-order valence-electron chi connectivity index (χ4n) is 3.02. The van der Waals surface area contributed by atoms with Gasteiger partial charge in [0, 0.05) is 18.5 Å². The Morgan fingerprint density at radius 1 is 1.43 bits per heavy atom. The summed E-state index contributed by atoms with van der Waals surface area (Å²) in [5.74, 6) is -0.974. The first kappa shape index (κ1) is 17.0. The topological polar surface area (TPSA) is 125 Å². The second-order valence-electron chi connectivity index (χ2n) is 5.84. The molecular formula is C15H21N3O5. The van der Waals surface area contributed by atoms with Crippen LogP contribution in [0.1, 0.15) is 32.1 Å². The van der Waals surface area contributed by atoms with E-state index in [1.54, 1.807) is 0 Å². The Hall–Kier alpha value is -2.35. The maximum Gasteiger partial charge on any atom is 0.303 e. The Morgan fingerprint density at radius 3 is 2.83 bits per heavy atom. The molecule has 1 aromatic carbocycles. The van der Waals surface area contributed by atoms with Gasteiger partial charge in [-0.05, 0) is 44.4 Å². The van der Waals surface area contributed by atoms with Gasteiger partial charge in [0.15, 0.2) is 0 Å². The molecule has 0 amide bonds. The van der Waals surface area contributed by atoms with Crippen molar-refractivity contribution >= 4 is 17.3 Å². The number of hydrogen-bond acceptors (Lipinski definition) is 6. The maximum atomic E-state index is 11.0. The highest BCUT2D eigenvalue weighted by atomic mass is 16.6. The van der Waals surface area contributed by atoms with E-state index in [0.717, 1.165) is 25.5 Å². The fraction of sp³-hybridized carbons (Fsp3) is 0.533. The second-order valence-corrected chi connectivity index (χ2v) is 5.84. The molecule has 23 heavy (non-hydrogen) atoms. The summed E-state index contributed by atoms with van der Waals surface area (Å²) in [6.45, 7) is 1.34. The summed E-state index contributed by atoms with van der Waals surface area (Å²) in [5, 5.41) is 35.6. The molecule has 0 saturated carbocycles. The van der Waals surface area contributed by atoms with Gasteiger partial charge >= 0.3 is 5.97 Å². The van der Waals surface area contributed by atoms with Gasteiger partial charge in [-0.2, -0.15) is 0 Å². The number of carboxylic acids is 1. The summed E-state index contributed by atoms with van der Waals surface area (Å²) in [7, 11) is 0. The monoisotopic (exact) mass is 323 g/mol. The first-order valence-corrected chi connectivity index (χ1v) is 7.60. The van der Waals surface area contributed by atoms with E-state index in [2.05, 4.69) is 10.6 Å². The number of anilines is 1. The first-order chi connectivity index (χ1) is 10.9. The lowest BCUT2D eigenvalue weighted by atomic mass is 9.88. The Balaban J connectivity index is 1.97. The number of carboxylic acid groups (broad SMARTS) is 1. The van der Waals surface area contributed by atoms with Gasteiger partial charge in [-0.1, -0.05) is 0 Å². The minimum Gasteiger partial charge on any atom is -0.508 e. The van der Waals surface area contributed by atoms with Crippen molar-refractivity contribution in [2.24, 2.45) is 0 Å². The molecule has 8 heteroatoms. The van der Waals surface area contributed by atoms with Crippen LogP contribution in [-0.4, -0.2) is 39.7 Å². The molecule has 4 N–H and O–H groups in total. The number of nitrogens with zero attached hydrogens (tertiary/aromatic N) is 1. The van der Waals surface area contributed by atoms with Crippen LogP contribution in [0.4, 0.5) is 11.4 Å². The number of phenolic OH excluding ortho intramolecular Hbond substituents is 1. The van der Waals surface area contributed by atoms with Crippen molar-refractivity contribution < 1.29 is 19.9 Å². The number of benzene rings is 1. The second kappa shape index (κ2) is 7.28. The maximum absolute atomic E-state index is 11.0. The Bertz CT molecular complexity index is 584. The number of phenols is 1. The smallest absolute Gasteiger partial charge is 0.303 e. The van der Waals surface area contributed by atoms with Crippen molar-refractivity contribution in [1.29, 1.82) is 0 Å². The molecule has 1 saturated heterocycles. The minimum absolute atomic E-state index is 0.104. The highest BCUT2D eigenvalue weighted by Crippen LogP contribution is 2.31. The minimum atomic E-state index is -0.819. The van der Waals surface area contributed by atoms with Crippen LogP contribution in [-0.2, 0) is 4.79 Å². The molecule has 0 aromatic heterocycles. The van der Waals surface area contributed by atoms with Crippen molar-refractivity contribution in [2.45, 2.75) is 37.6 Å². The molecule has 0 radical (unpaired) electrons. The van der Waals surface area contributed by atoms with Crippen LogP contribution in [0.15, 0.2) is 18.2 Å². The number of aromatic hydroxyl groups is 1. The van der Waals surface area contributed by atoms with Crippen LogP contribution < -0.4 is 10.6 Å². The summed E-state index contributed by atoms with van der Waals surface area (Å²) >= 11 is 0. The van der Waals surface area contributed by atoms with Crippen LogP contribution in [0.2, 0.25) is 0 Å². The molecular weight excluding hydrogens is 302 g/mol. The Labute approximate surface area is 133 Å². The first-order valence-electron chi connectivity index (χ1n) is 7.60. The number of nitro benzene ring substituents is 1. The van der Waals surface area contributed by atoms with E-state index in [1.807, 2.05) is 0 Å².